The number of amides is 2. The molecule has 0 aliphatic carbocycles. The summed E-state index contributed by atoms with van der Waals surface area (Å²) < 4.78 is 0. The Labute approximate surface area is 155 Å². The molecule has 7 nitrogen and oxygen atoms in total. The van der Waals surface area contributed by atoms with Gasteiger partial charge in [0.05, 0.1) is 17.5 Å². The van der Waals surface area contributed by atoms with E-state index in [1.807, 2.05) is 17.5 Å². The Bertz CT molecular complexity index is 775. The van der Waals surface area contributed by atoms with E-state index in [4.69, 9.17) is 0 Å². The van der Waals surface area contributed by atoms with Crippen molar-refractivity contribution < 1.29 is 14.5 Å². The van der Waals surface area contributed by atoms with Gasteiger partial charge in [0.1, 0.15) is 0 Å². The van der Waals surface area contributed by atoms with E-state index in [0.717, 1.165) is 11.3 Å². The van der Waals surface area contributed by atoms with Crippen LogP contribution >= 0.6 is 11.3 Å². The minimum Gasteiger partial charge on any atom is -0.347 e. The molecule has 0 bridgehead atoms. The molecule has 0 aliphatic heterocycles. The summed E-state index contributed by atoms with van der Waals surface area (Å²) in [4.78, 5) is 35.6. The van der Waals surface area contributed by atoms with Crippen molar-refractivity contribution in [1.29, 1.82) is 0 Å². The minimum absolute atomic E-state index is 0.0998. The molecule has 0 aliphatic rings. The fourth-order valence-corrected chi connectivity index (χ4v) is 3.27. The Balaban J connectivity index is 1.93. The molecule has 138 valence electrons. The highest BCUT2D eigenvalue weighted by molar-refractivity contribution is 7.10. The van der Waals surface area contributed by atoms with Crippen molar-refractivity contribution in [3.8, 4) is 0 Å². The van der Waals surface area contributed by atoms with Gasteiger partial charge in [0.25, 0.3) is 11.6 Å². The van der Waals surface area contributed by atoms with Crippen LogP contribution in [0.2, 0.25) is 0 Å². The van der Waals surface area contributed by atoms with Gasteiger partial charge < -0.3 is 10.6 Å². The van der Waals surface area contributed by atoms with Gasteiger partial charge in [-0.25, -0.2) is 0 Å². The molecule has 8 heteroatoms. The summed E-state index contributed by atoms with van der Waals surface area (Å²) in [6.07, 6.45) is 0.797. The molecule has 2 rings (SSSR count). The number of carbonyl (C=O) groups excluding carboxylic acids is 2. The highest BCUT2D eigenvalue weighted by Crippen LogP contribution is 2.25. The van der Waals surface area contributed by atoms with E-state index in [2.05, 4.69) is 24.5 Å². The molecule has 2 aromatic rings. The van der Waals surface area contributed by atoms with Crippen molar-refractivity contribution >= 4 is 28.8 Å². The Morgan fingerprint density at radius 2 is 2.00 bits per heavy atom. The third kappa shape index (κ3) is 5.66. The fraction of sp³-hybridized carbons (Fsp3) is 0.333. The van der Waals surface area contributed by atoms with Crippen molar-refractivity contribution in [2.75, 3.05) is 6.54 Å². The Hall–Kier alpha value is -2.74. The molecule has 0 saturated heterocycles. The number of rotatable bonds is 8. The second kappa shape index (κ2) is 9.10. The molecule has 2 N–H and O–H groups in total. The summed E-state index contributed by atoms with van der Waals surface area (Å²) in [6, 6.07) is 9.19. The number of nitrogens with one attached hydrogen (secondary N) is 2. The lowest BCUT2D eigenvalue weighted by Crippen LogP contribution is -2.38. The van der Waals surface area contributed by atoms with Crippen molar-refractivity contribution in [3.05, 3.63) is 62.3 Å². The lowest BCUT2D eigenvalue weighted by Gasteiger charge is -2.19. The van der Waals surface area contributed by atoms with Crippen molar-refractivity contribution in [1.82, 2.24) is 10.6 Å². The van der Waals surface area contributed by atoms with Gasteiger partial charge >= 0.3 is 0 Å². The van der Waals surface area contributed by atoms with Crippen LogP contribution < -0.4 is 10.6 Å². The van der Waals surface area contributed by atoms with Crippen LogP contribution in [0.5, 0.6) is 0 Å². The SMILES string of the molecule is CC(C)CC(NC(=O)CNC(=O)c1cccc([N+](=O)[O-])c1)c1cccs1. The largest absolute Gasteiger partial charge is 0.347 e. The third-order valence-electron chi connectivity index (χ3n) is 3.66. The molecule has 0 radical (unpaired) electrons. The number of benzene rings is 1. The zero-order chi connectivity index (χ0) is 19.1. The van der Waals surface area contributed by atoms with Crippen LogP contribution in [0.25, 0.3) is 0 Å². The van der Waals surface area contributed by atoms with Crippen LogP contribution in [-0.4, -0.2) is 23.3 Å². The number of nitrogens with zero attached hydrogens (tertiary/aromatic N) is 1. The number of non-ortho nitro benzene ring substituents is 1. The maximum absolute atomic E-state index is 12.2. The number of thiophene rings is 1. The predicted molar refractivity (Wildman–Crippen MR) is 100 cm³/mol. The average molecular weight is 375 g/mol. The molecule has 2 amide bonds. The number of hydrogen-bond acceptors (Lipinski definition) is 5. The zero-order valence-corrected chi connectivity index (χ0v) is 15.4. The van der Waals surface area contributed by atoms with Crippen LogP contribution in [0, 0.1) is 16.0 Å². The van der Waals surface area contributed by atoms with Crippen LogP contribution in [-0.2, 0) is 4.79 Å². The molecule has 1 heterocycles. The summed E-state index contributed by atoms with van der Waals surface area (Å²) in [5, 5.41) is 18.2. The van der Waals surface area contributed by atoms with E-state index in [0.29, 0.717) is 5.92 Å². The van der Waals surface area contributed by atoms with Gasteiger partial charge in [0.15, 0.2) is 0 Å². The van der Waals surface area contributed by atoms with Gasteiger partial charge in [-0.05, 0) is 29.9 Å². The summed E-state index contributed by atoms with van der Waals surface area (Å²) in [7, 11) is 0. The monoisotopic (exact) mass is 375 g/mol. The maximum atomic E-state index is 12.2. The van der Waals surface area contributed by atoms with Crippen LogP contribution in [0.1, 0.15) is 41.5 Å². The molecule has 1 atom stereocenters. The Morgan fingerprint density at radius 3 is 2.62 bits per heavy atom. The van der Waals surface area contributed by atoms with E-state index in [1.54, 1.807) is 11.3 Å². The van der Waals surface area contributed by atoms with Crippen LogP contribution in [0.3, 0.4) is 0 Å². The number of nitro groups is 1. The first-order valence-corrected chi connectivity index (χ1v) is 9.10. The molecule has 1 unspecified atom stereocenters. The number of carbonyl (C=O) groups is 2. The summed E-state index contributed by atoms with van der Waals surface area (Å²) in [5.74, 6) is -0.426. The van der Waals surface area contributed by atoms with Crippen molar-refractivity contribution in [3.63, 3.8) is 0 Å². The molecule has 1 aromatic heterocycles. The maximum Gasteiger partial charge on any atom is 0.270 e. The van der Waals surface area contributed by atoms with E-state index < -0.39 is 10.8 Å². The minimum atomic E-state index is -0.568. The molecule has 0 saturated carbocycles. The highest BCUT2D eigenvalue weighted by Gasteiger charge is 2.18. The first kappa shape index (κ1) is 19.6. The normalized spacial score (nSPS) is 11.8. The van der Waals surface area contributed by atoms with Crippen molar-refractivity contribution in [2.24, 2.45) is 5.92 Å². The first-order valence-electron chi connectivity index (χ1n) is 8.22. The highest BCUT2D eigenvalue weighted by atomic mass is 32.1. The van der Waals surface area contributed by atoms with E-state index in [1.165, 1.54) is 24.3 Å². The lowest BCUT2D eigenvalue weighted by molar-refractivity contribution is -0.384. The van der Waals surface area contributed by atoms with Gasteiger partial charge in [-0.1, -0.05) is 26.0 Å². The molecular weight excluding hydrogens is 354 g/mol. The van der Waals surface area contributed by atoms with Gasteiger partial charge in [-0.2, -0.15) is 0 Å². The van der Waals surface area contributed by atoms with Crippen molar-refractivity contribution in [2.45, 2.75) is 26.3 Å². The molecule has 1 aromatic carbocycles. The summed E-state index contributed by atoms with van der Waals surface area (Å²) in [5.41, 5.74) is -0.0271. The zero-order valence-electron chi connectivity index (χ0n) is 14.6. The lowest BCUT2D eigenvalue weighted by atomic mass is 10.0. The molecular formula is C18H21N3O4S. The van der Waals surface area contributed by atoms with E-state index >= 15 is 0 Å². The smallest absolute Gasteiger partial charge is 0.270 e. The van der Waals surface area contributed by atoms with Gasteiger partial charge in [0.2, 0.25) is 5.91 Å². The average Bonchev–Trinajstić information content (AvgIpc) is 3.13. The third-order valence-corrected chi connectivity index (χ3v) is 4.64. The standard InChI is InChI=1S/C18H21N3O4S/c1-12(2)9-15(16-7-4-8-26-16)20-17(22)11-19-18(23)13-5-3-6-14(10-13)21(24)25/h3-8,10,12,15H,9,11H2,1-2H3,(H,19,23)(H,20,22). The quantitative estimate of drug-likeness (QED) is 0.546. The van der Waals surface area contributed by atoms with Gasteiger partial charge in [-0.3, -0.25) is 19.7 Å². The fourth-order valence-electron chi connectivity index (χ4n) is 2.48. The molecule has 0 fully saturated rings. The first-order chi connectivity index (χ1) is 12.4. The topological polar surface area (TPSA) is 101 Å². The second-order valence-electron chi connectivity index (χ2n) is 6.26. The summed E-state index contributed by atoms with van der Waals surface area (Å²) >= 11 is 1.57. The van der Waals surface area contributed by atoms with E-state index in [-0.39, 0.29) is 29.7 Å². The molecule has 0 spiro atoms. The Kier molecular flexibility index (Phi) is 6.85. The van der Waals surface area contributed by atoms with Gasteiger partial charge in [-0.15, -0.1) is 11.3 Å². The van der Waals surface area contributed by atoms with Crippen LogP contribution in [0.15, 0.2) is 41.8 Å². The number of nitro benzene ring substituents is 1. The Morgan fingerprint density at radius 1 is 1.23 bits per heavy atom. The second-order valence-corrected chi connectivity index (χ2v) is 7.23. The van der Waals surface area contributed by atoms with Gasteiger partial charge in [0, 0.05) is 22.6 Å². The van der Waals surface area contributed by atoms with E-state index in [9.17, 15) is 19.7 Å². The summed E-state index contributed by atoms with van der Waals surface area (Å²) in [6.45, 7) is 3.97. The van der Waals surface area contributed by atoms with Crippen LogP contribution in [0.4, 0.5) is 5.69 Å². The predicted octanol–water partition coefficient (Wildman–Crippen LogP) is 3.29. The molecule has 26 heavy (non-hydrogen) atoms. The number of hydrogen-bond donors (Lipinski definition) is 2.